The van der Waals surface area contributed by atoms with Crippen LogP contribution >= 0.6 is 0 Å². The van der Waals surface area contributed by atoms with Gasteiger partial charge in [0.15, 0.2) is 5.65 Å². The minimum absolute atomic E-state index is 0.0340. The van der Waals surface area contributed by atoms with Crippen LogP contribution in [0.3, 0.4) is 0 Å². The second-order valence-corrected chi connectivity index (χ2v) is 7.52. The van der Waals surface area contributed by atoms with Crippen molar-refractivity contribution in [1.82, 2.24) is 24.1 Å². The molecule has 7 nitrogen and oxygen atoms in total. The highest BCUT2D eigenvalue weighted by atomic mass is 16.2. The van der Waals surface area contributed by atoms with Crippen molar-refractivity contribution in [2.24, 2.45) is 11.8 Å². The zero-order valence-electron chi connectivity index (χ0n) is 15.3. The zero-order chi connectivity index (χ0) is 18.4. The predicted molar refractivity (Wildman–Crippen MR) is 99.0 cm³/mol. The van der Waals surface area contributed by atoms with E-state index in [2.05, 4.69) is 23.9 Å². The van der Waals surface area contributed by atoms with Crippen LogP contribution in [0, 0.1) is 18.8 Å². The van der Waals surface area contributed by atoms with Crippen molar-refractivity contribution in [1.29, 1.82) is 0 Å². The van der Waals surface area contributed by atoms with Gasteiger partial charge in [-0.05, 0) is 37.3 Å². The minimum atomic E-state index is -0.317. The number of rotatable bonds is 2. The van der Waals surface area contributed by atoms with Gasteiger partial charge in [0, 0.05) is 18.5 Å². The summed E-state index contributed by atoms with van der Waals surface area (Å²) in [5, 5.41) is 5.26. The number of likely N-dealkylation sites (tertiary alicyclic amines) is 1. The number of nitrogens with zero attached hydrogens (tertiary/aromatic N) is 5. The van der Waals surface area contributed by atoms with Crippen molar-refractivity contribution in [3.63, 3.8) is 0 Å². The molecule has 7 heteroatoms. The van der Waals surface area contributed by atoms with E-state index >= 15 is 0 Å². The molecule has 1 aromatic carbocycles. The van der Waals surface area contributed by atoms with Gasteiger partial charge in [-0.15, -0.1) is 5.10 Å². The van der Waals surface area contributed by atoms with Gasteiger partial charge in [0.05, 0.1) is 5.52 Å². The Morgan fingerprint density at radius 1 is 1.19 bits per heavy atom. The maximum absolute atomic E-state index is 12.8. The topological polar surface area (TPSA) is 72.5 Å². The van der Waals surface area contributed by atoms with Crippen LogP contribution in [-0.2, 0) is 11.3 Å². The van der Waals surface area contributed by atoms with E-state index in [0.717, 1.165) is 30.4 Å². The van der Waals surface area contributed by atoms with E-state index in [1.54, 1.807) is 6.92 Å². The number of benzene rings is 1. The number of para-hydroxylation sites is 1. The molecule has 0 radical (unpaired) electrons. The third-order valence-corrected chi connectivity index (χ3v) is 5.10. The Kier molecular flexibility index (Phi) is 4.01. The third kappa shape index (κ3) is 2.77. The molecule has 0 unspecified atom stereocenters. The zero-order valence-corrected chi connectivity index (χ0v) is 15.3. The molecule has 1 saturated heterocycles. The lowest BCUT2D eigenvalue weighted by Crippen LogP contribution is -2.45. The van der Waals surface area contributed by atoms with E-state index in [4.69, 9.17) is 0 Å². The van der Waals surface area contributed by atoms with Crippen molar-refractivity contribution in [3.05, 3.63) is 40.6 Å². The first kappa shape index (κ1) is 16.8. The van der Waals surface area contributed by atoms with E-state index < -0.39 is 0 Å². The molecule has 26 heavy (non-hydrogen) atoms. The Morgan fingerprint density at radius 2 is 1.88 bits per heavy atom. The van der Waals surface area contributed by atoms with Crippen LogP contribution in [0.2, 0.25) is 0 Å². The van der Waals surface area contributed by atoms with Gasteiger partial charge in [-0.1, -0.05) is 26.0 Å². The maximum Gasteiger partial charge on any atom is 0.352 e. The molecule has 4 rings (SSSR count). The summed E-state index contributed by atoms with van der Waals surface area (Å²) in [7, 11) is 0. The van der Waals surface area contributed by atoms with Gasteiger partial charge in [-0.3, -0.25) is 4.79 Å². The highest BCUT2D eigenvalue weighted by Gasteiger charge is 2.26. The number of aryl methyl sites for hydroxylation is 1. The van der Waals surface area contributed by atoms with Gasteiger partial charge in [-0.2, -0.15) is 0 Å². The Balaban J connectivity index is 1.72. The molecule has 0 saturated carbocycles. The number of amides is 1. The Bertz CT molecular complexity index is 1040. The van der Waals surface area contributed by atoms with Crippen LogP contribution in [0.25, 0.3) is 16.6 Å². The molecule has 1 aliphatic rings. The van der Waals surface area contributed by atoms with Crippen molar-refractivity contribution < 1.29 is 4.79 Å². The molecule has 1 fully saturated rings. The number of aromatic nitrogens is 4. The highest BCUT2D eigenvalue weighted by Crippen LogP contribution is 2.21. The molecule has 0 spiro atoms. The smallest absolute Gasteiger partial charge is 0.341 e. The standard InChI is InChI=1S/C19H23N5O2/c1-12-8-13(2)10-22(9-12)17(25)11-23-19(26)24-14(3)20-16-7-5-4-6-15(16)18(24)21-23/h4-7,12-13H,8-11H2,1-3H3/t12-,13-/m1/s1. The van der Waals surface area contributed by atoms with Crippen molar-refractivity contribution in [2.45, 2.75) is 33.7 Å². The number of carbonyl (C=O) groups excluding carboxylic acids is 1. The highest BCUT2D eigenvalue weighted by molar-refractivity contribution is 5.91. The first-order chi connectivity index (χ1) is 12.4. The summed E-state index contributed by atoms with van der Waals surface area (Å²) >= 11 is 0. The number of carbonyl (C=O) groups is 1. The van der Waals surface area contributed by atoms with E-state index in [9.17, 15) is 9.59 Å². The summed E-state index contributed by atoms with van der Waals surface area (Å²) in [6, 6.07) is 7.59. The van der Waals surface area contributed by atoms with E-state index in [0.29, 0.717) is 23.3 Å². The molecule has 0 bridgehead atoms. The Morgan fingerprint density at radius 3 is 2.62 bits per heavy atom. The van der Waals surface area contributed by atoms with Crippen LogP contribution < -0.4 is 5.69 Å². The van der Waals surface area contributed by atoms with Crippen LogP contribution in [0.1, 0.15) is 26.1 Å². The van der Waals surface area contributed by atoms with Crippen molar-refractivity contribution >= 4 is 22.5 Å². The summed E-state index contributed by atoms with van der Waals surface area (Å²) in [6.07, 6.45) is 1.13. The van der Waals surface area contributed by atoms with Crippen LogP contribution in [0.4, 0.5) is 0 Å². The fourth-order valence-corrected chi connectivity index (χ4v) is 4.06. The molecule has 3 aromatic rings. The van der Waals surface area contributed by atoms with Crippen LogP contribution in [-0.4, -0.2) is 43.1 Å². The SMILES string of the molecule is Cc1nc2ccccc2c2nn(CC(=O)N3C[C@H](C)C[C@@H](C)C3)c(=O)n12. The third-order valence-electron chi connectivity index (χ3n) is 5.10. The quantitative estimate of drug-likeness (QED) is 0.705. The number of hydrogen-bond acceptors (Lipinski definition) is 4. The molecular formula is C19H23N5O2. The molecule has 2 atom stereocenters. The summed E-state index contributed by atoms with van der Waals surface area (Å²) in [5.74, 6) is 1.48. The van der Waals surface area contributed by atoms with E-state index in [-0.39, 0.29) is 18.1 Å². The normalized spacial score (nSPS) is 20.8. The minimum Gasteiger partial charge on any atom is -0.341 e. The first-order valence-electron chi connectivity index (χ1n) is 9.06. The maximum atomic E-state index is 12.8. The van der Waals surface area contributed by atoms with Gasteiger partial charge in [0.1, 0.15) is 12.4 Å². The molecule has 3 heterocycles. The molecule has 0 aliphatic carbocycles. The Hall–Kier alpha value is -2.70. The average molecular weight is 353 g/mol. The molecule has 2 aromatic heterocycles. The average Bonchev–Trinajstić information content (AvgIpc) is 2.91. The van der Waals surface area contributed by atoms with Gasteiger partial charge in [-0.25, -0.2) is 18.9 Å². The largest absolute Gasteiger partial charge is 0.352 e. The lowest BCUT2D eigenvalue weighted by molar-refractivity contribution is -0.134. The number of piperidine rings is 1. The van der Waals surface area contributed by atoms with Crippen molar-refractivity contribution in [2.75, 3.05) is 13.1 Å². The second kappa shape index (κ2) is 6.23. The lowest BCUT2D eigenvalue weighted by Gasteiger charge is -2.34. The van der Waals surface area contributed by atoms with E-state index in [1.807, 2.05) is 29.2 Å². The van der Waals surface area contributed by atoms with Gasteiger partial charge in [0.2, 0.25) is 5.91 Å². The Labute approximate surface area is 151 Å². The van der Waals surface area contributed by atoms with Gasteiger partial charge < -0.3 is 4.90 Å². The monoisotopic (exact) mass is 353 g/mol. The summed E-state index contributed by atoms with van der Waals surface area (Å²) in [5.41, 5.74) is 1.02. The summed E-state index contributed by atoms with van der Waals surface area (Å²) in [4.78, 5) is 31.9. The fourth-order valence-electron chi connectivity index (χ4n) is 4.06. The number of hydrogen-bond donors (Lipinski definition) is 0. The lowest BCUT2D eigenvalue weighted by atomic mass is 9.92. The van der Waals surface area contributed by atoms with Gasteiger partial charge in [0.25, 0.3) is 0 Å². The molecule has 1 aliphatic heterocycles. The van der Waals surface area contributed by atoms with Crippen LogP contribution in [0.5, 0.6) is 0 Å². The second-order valence-electron chi connectivity index (χ2n) is 7.52. The number of fused-ring (bicyclic) bond motifs is 3. The summed E-state index contributed by atoms with van der Waals surface area (Å²) < 4.78 is 2.75. The van der Waals surface area contributed by atoms with E-state index in [1.165, 1.54) is 9.08 Å². The molecule has 136 valence electrons. The van der Waals surface area contributed by atoms with Gasteiger partial charge >= 0.3 is 5.69 Å². The molecular weight excluding hydrogens is 330 g/mol. The first-order valence-corrected chi connectivity index (χ1v) is 9.06. The van der Waals surface area contributed by atoms with Crippen molar-refractivity contribution in [3.8, 4) is 0 Å². The molecule has 0 N–H and O–H groups in total. The fraction of sp³-hybridized carbons (Fsp3) is 0.474. The molecule has 1 amide bonds. The van der Waals surface area contributed by atoms with Crippen LogP contribution in [0.15, 0.2) is 29.1 Å². The predicted octanol–water partition coefficient (Wildman–Crippen LogP) is 1.86. The summed E-state index contributed by atoms with van der Waals surface area (Å²) in [6.45, 7) is 7.56.